The molecule has 1 N–H and O–H groups in total. The van der Waals surface area contributed by atoms with Gasteiger partial charge in [-0.3, -0.25) is 4.57 Å². The highest BCUT2D eigenvalue weighted by Gasteiger charge is 2.36. The monoisotopic (exact) mass is 435 g/mol. The van der Waals surface area contributed by atoms with Gasteiger partial charge in [-0.2, -0.15) is 0 Å². The fraction of sp³-hybridized carbons (Fsp3) is 0.160. The lowest BCUT2D eigenvalue weighted by Crippen LogP contribution is -2.38. The maximum atomic E-state index is 14.9. The summed E-state index contributed by atoms with van der Waals surface area (Å²) < 4.78 is 29.5. The summed E-state index contributed by atoms with van der Waals surface area (Å²) >= 11 is 0. The van der Waals surface area contributed by atoms with Crippen LogP contribution in [0.3, 0.4) is 0 Å². The van der Waals surface area contributed by atoms with Crippen LogP contribution < -0.4 is 15.7 Å². The predicted octanol–water partition coefficient (Wildman–Crippen LogP) is 5.97. The van der Waals surface area contributed by atoms with Crippen molar-refractivity contribution in [3.63, 3.8) is 0 Å². The van der Waals surface area contributed by atoms with Crippen molar-refractivity contribution in [1.29, 1.82) is 0 Å². The van der Waals surface area contributed by atoms with Crippen LogP contribution in [0.1, 0.15) is 11.6 Å². The van der Waals surface area contributed by atoms with Crippen molar-refractivity contribution in [2.45, 2.75) is 25.7 Å². The topological polar surface area (TPSA) is 29.1 Å². The number of hydrogen-bond donors (Lipinski definition) is 1. The second-order valence-electron chi connectivity index (χ2n) is 8.20. The maximum absolute atomic E-state index is 14.9. The summed E-state index contributed by atoms with van der Waals surface area (Å²) in [4.78, 5) is 0. The summed E-state index contributed by atoms with van der Waals surface area (Å²) in [7, 11) is -5.25. The molecule has 0 unspecified atom stereocenters. The molecule has 0 heterocycles. The van der Waals surface area contributed by atoms with E-state index in [1.165, 1.54) is 6.07 Å². The van der Waals surface area contributed by atoms with E-state index < -0.39 is 21.4 Å². The molecule has 0 aliphatic rings. The van der Waals surface area contributed by atoms with E-state index in [0.717, 1.165) is 5.20 Å². The minimum atomic E-state index is -3.29. The molecule has 3 aromatic rings. The van der Waals surface area contributed by atoms with E-state index in [-0.39, 0.29) is 5.82 Å². The molecule has 1 atom stereocenters. The van der Waals surface area contributed by atoms with Crippen LogP contribution in [0.4, 0.5) is 4.39 Å². The Balaban J connectivity index is 2.23. The summed E-state index contributed by atoms with van der Waals surface area (Å²) in [5.74, 6) is -0.339. The Morgan fingerprint density at radius 3 is 1.80 bits per heavy atom. The molecule has 0 spiro atoms. The first-order chi connectivity index (χ1) is 14.3. The summed E-state index contributed by atoms with van der Waals surface area (Å²) in [5.41, 5.74) is 3.53. The van der Waals surface area contributed by atoms with Crippen molar-refractivity contribution < 1.29 is 8.96 Å². The van der Waals surface area contributed by atoms with Crippen LogP contribution in [0.25, 0.3) is 0 Å². The number of nitrogens with one attached hydrogen (secondary N) is 1. The third-order valence-electron chi connectivity index (χ3n) is 5.05. The lowest BCUT2D eigenvalue weighted by Gasteiger charge is -2.33. The van der Waals surface area contributed by atoms with Gasteiger partial charge in [0.05, 0.1) is 14.1 Å². The van der Waals surface area contributed by atoms with E-state index >= 15 is 0 Å². The molecule has 30 heavy (non-hydrogen) atoms. The Hall–Kier alpha value is -2.48. The second-order valence-corrected chi connectivity index (χ2v) is 15.8. The van der Waals surface area contributed by atoms with Crippen LogP contribution in [-0.4, -0.2) is 8.07 Å². The van der Waals surface area contributed by atoms with E-state index in [1.54, 1.807) is 18.2 Å². The van der Waals surface area contributed by atoms with E-state index in [9.17, 15) is 8.96 Å². The SMILES string of the molecule is C=C=C([C@H](NP(=O)(c1ccccc1)c1ccccc1)c1ccccc1F)[Si](C)(C)C. The van der Waals surface area contributed by atoms with Crippen molar-refractivity contribution in [3.05, 3.63) is 114 Å². The normalized spacial score (nSPS) is 12.8. The van der Waals surface area contributed by atoms with Gasteiger partial charge in [0.25, 0.3) is 0 Å². The summed E-state index contributed by atoms with van der Waals surface area (Å²) in [6, 6.07) is 24.7. The minimum Gasteiger partial charge on any atom is -0.296 e. The zero-order valence-electron chi connectivity index (χ0n) is 17.6. The molecule has 0 aromatic heterocycles. The fourth-order valence-electron chi connectivity index (χ4n) is 3.55. The van der Waals surface area contributed by atoms with Crippen molar-refractivity contribution >= 4 is 26.0 Å². The van der Waals surface area contributed by atoms with Gasteiger partial charge in [-0.15, -0.1) is 5.73 Å². The van der Waals surface area contributed by atoms with E-state index in [2.05, 4.69) is 37.0 Å². The smallest absolute Gasteiger partial charge is 0.205 e. The third kappa shape index (κ3) is 4.64. The highest BCUT2D eigenvalue weighted by molar-refractivity contribution is 7.76. The Labute approximate surface area is 179 Å². The highest BCUT2D eigenvalue weighted by atomic mass is 31.2. The quantitative estimate of drug-likeness (QED) is 0.281. The Bertz CT molecular complexity index is 1060. The average Bonchev–Trinajstić information content (AvgIpc) is 2.74. The Kier molecular flexibility index (Phi) is 6.75. The first-order valence-electron chi connectivity index (χ1n) is 9.91. The zero-order valence-corrected chi connectivity index (χ0v) is 19.5. The van der Waals surface area contributed by atoms with Crippen molar-refractivity contribution in [2.24, 2.45) is 0 Å². The molecule has 3 aromatic carbocycles. The third-order valence-corrected chi connectivity index (χ3v) is 9.81. The van der Waals surface area contributed by atoms with Gasteiger partial charge < -0.3 is 0 Å². The first kappa shape index (κ1) is 22.2. The number of benzene rings is 3. The van der Waals surface area contributed by atoms with E-state index in [1.807, 2.05) is 60.7 Å². The van der Waals surface area contributed by atoms with Crippen molar-refractivity contribution in [1.82, 2.24) is 5.09 Å². The largest absolute Gasteiger partial charge is 0.296 e. The van der Waals surface area contributed by atoms with Crippen molar-refractivity contribution in [3.8, 4) is 0 Å². The minimum absolute atomic E-state index is 0.339. The summed E-state index contributed by atoms with van der Waals surface area (Å²) in [6.07, 6.45) is 0. The van der Waals surface area contributed by atoms with Gasteiger partial charge in [-0.05, 0) is 35.5 Å². The molecule has 3 rings (SSSR count). The maximum Gasteiger partial charge on any atom is 0.205 e. The first-order valence-corrected chi connectivity index (χ1v) is 15.1. The van der Waals surface area contributed by atoms with Gasteiger partial charge in [0, 0.05) is 16.2 Å². The molecule has 0 amide bonds. The second kappa shape index (κ2) is 9.12. The molecule has 0 radical (unpaired) electrons. The lowest BCUT2D eigenvalue weighted by atomic mass is 10.1. The summed E-state index contributed by atoms with van der Waals surface area (Å²) in [5, 5.41) is 5.63. The van der Waals surface area contributed by atoms with Crippen LogP contribution in [0.15, 0.2) is 102 Å². The molecule has 0 saturated heterocycles. The molecule has 0 aliphatic heterocycles. The molecule has 0 bridgehead atoms. The van der Waals surface area contributed by atoms with E-state index in [4.69, 9.17) is 0 Å². The molecular formula is C25H27FNOPSi. The van der Waals surface area contributed by atoms with Crippen LogP contribution in [0, 0.1) is 5.82 Å². The molecule has 0 fully saturated rings. The van der Waals surface area contributed by atoms with Gasteiger partial charge in [-0.1, -0.05) is 80.8 Å². The van der Waals surface area contributed by atoms with Gasteiger partial charge >= 0.3 is 0 Å². The van der Waals surface area contributed by atoms with Crippen molar-refractivity contribution in [2.75, 3.05) is 0 Å². The fourth-order valence-corrected chi connectivity index (χ4v) is 7.71. The van der Waals surface area contributed by atoms with Gasteiger partial charge in [0.1, 0.15) is 5.82 Å². The highest BCUT2D eigenvalue weighted by Crippen LogP contribution is 2.44. The predicted molar refractivity (Wildman–Crippen MR) is 128 cm³/mol. The Morgan fingerprint density at radius 2 is 1.37 bits per heavy atom. The van der Waals surface area contributed by atoms with Crippen LogP contribution in [-0.2, 0) is 4.57 Å². The van der Waals surface area contributed by atoms with Gasteiger partial charge in [0.15, 0.2) is 0 Å². The lowest BCUT2D eigenvalue weighted by molar-refractivity contribution is 0.562. The number of halogens is 1. The zero-order chi connectivity index (χ0) is 21.8. The standard InChI is InChI=1S/C25H27FNOPSi/c1-5-24(30(2,3)4)25(22-18-12-13-19-23(22)26)27-29(28,20-14-8-6-9-15-20)21-16-10-7-11-17-21/h6-19,25H,1H2,2-4H3,(H,27,28)/t25-/m1/s1. The Morgan fingerprint density at radius 1 is 0.900 bits per heavy atom. The number of rotatable bonds is 7. The molecule has 0 saturated carbocycles. The van der Waals surface area contributed by atoms with Gasteiger partial charge in [-0.25, -0.2) is 9.48 Å². The molecule has 0 aliphatic carbocycles. The van der Waals surface area contributed by atoms with Crippen LogP contribution in [0.5, 0.6) is 0 Å². The molecule has 2 nitrogen and oxygen atoms in total. The average molecular weight is 436 g/mol. The molecule has 5 heteroatoms. The molecular weight excluding hydrogens is 408 g/mol. The summed E-state index contributed by atoms with van der Waals surface area (Å²) in [6.45, 7) is 10.4. The van der Waals surface area contributed by atoms with E-state index in [0.29, 0.717) is 16.2 Å². The molecule has 154 valence electrons. The van der Waals surface area contributed by atoms with Crippen LogP contribution >= 0.6 is 7.29 Å². The number of hydrogen-bond acceptors (Lipinski definition) is 1. The van der Waals surface area contributed by atoms with Gasteiger partial charge in [0.2, 0.25) is 7.29 Å². The van der Waals surface area contributed by atoms with Crippen LogP contribution in [0.2, 0.25) is 19.6 Å².